The van der Waals surface area contributed by atoms with E-state index in [-0.39, 0.29) is 0 Å². The summed E-state index contributed by atoms with van der Waals surface area (Å²) in [6.45, 7) is 0. The van der Waals surface area contributed by atoms with Gasteiger partial charge in [-0.25, -0.2) is 0 Å². The van der Waals surface area contributed by atoms with Crippen molar-refractivity contribution >= 4 is 43.9 Å². The molecule has 0 atom stereocenters. The normalized spacial score (nSPS) is 11.5. The van der Waals surface area contributed by atoms with Crippen LogP contribution in [0.4, 0.5) is 0 Å². The fourth-order valence-corrected chi connectivity index (χ4v) is 6.00. The molecule has 8 aromatic rings. The molecule has 186 valence electrons. The van der Waals surface area contributed by atoms with Crippen molar-refractivity contribution in [1.82, 2.24) is 0 Å². The van der Waals surface area contributed by atoms with Gasteiger partial charge in [0.1, 0.15) is 22.3 Å². The van der Waals surface area contributed by atoms with E-state index in [1.807, 2.05) is 78.9 Å². The average molecular weight is 512 g/mol. The third kappa shape index (κ3) is 3.30. The molecule has 8 rings (SSSR count). The van der Waals surface area contributed by atoms with Crippen molar-refractivity contribution < 1.29 is 8.83 Å². The smallest absolute Gasteiger partial charge is 0.136 e. The van der Waals surface area contributed by atoms with Crippen LogP contribution in [0.15, 0.2) is 136 Å². The van der Waals surface area contributed by atoms with Crippen molar-refractivity contribution in [3.05, 3.63) is 133 Å². The van der Waals surface area contributed by atoms with Gasteiger partial charge >= 0.3 is 0 Å². The minimum atomic E-state index is 0.635. The summed E-state index contributed by atoms with van der Waals surface area (Å²) in [4.78, 5) is 0. The van der Waals surface area contributed by atoms with E-state index in [2.05, 4.69) is 54.6 Å². The number of furan rings is 2. The van der Waals surface area contributed by atoms with E-state index in [0.29, 0.717) is 5.56 Å². The second-order valence-corrected chi connectivity index (χ2v) is 9.97. The number of fused-ring (bicyclic) bond motifs is 6. The summed E-state index contributed by atoms with van der Waals surface area (Å²) < 4.78 is 12.4. The van der Waals surface area contributed by atoms with Crippen molar-refractivity contribution in [2.45, 2.75) is 0 Å². The van der Waals surface area contributed by atoms with Gasteiger partial charge in [0.25, 0.3) is 0 Å². The summed E-state index contributed by atoms with van der Waals surface area (Å²) in [7, 11) is 0. The van der Waals surface area contributed by atoms with Crippen LogP contribution in [-0.2, 0) is 0 Å². The van der Waals surface area contributed by atoms with E-state index >= 15 is 0 Å². The molecule has 0 aliphatic heterocycles. The number of para-hydroxylation sites is 2. The van der Waals surface area contributed by atoms with Crippen molar-refractivity contribution in [3.63, 3.8) is 0 Å². The lowest BCUT2D eigenvalue weighted by atomic mass is 9.84. The number of hydrogen-bond acceptors (Lipinski definition) is 3. The molecule has 0 aliphatic carbocycles. The van der Waals surface area contributed by atoms with Gasteiger partial charge in [-0.05, 0) is 64.2 Å². The zero-order valence-electron chi connectivity index (χ0n) is 21.4. The molecule has 0 aliphatic rings. The first-order valence-electron chi connectivity index (χ1n) is 13.2. The zero-order chi connectivity index (χ0) is 26.6. The highest BCUT2D eigenvalue weighted by atomic mass is 16.3. The van der Waals surface area contributed by atoms with E-state index in [0.717, 1.165) is 77.3 Å². The average Bonchev–Trinajstić information content (AvgIpc) is 3.58. The second kappa shape index (κ2) is 8.73. The highest BCUT2D eigenvalue weighted by Crippen LogP contribution is 2.45. The number of rotatable bonds is 3. The van der Waals surface area contributed by atoms with Crippen LogP contribution in [0.5, 0.6) is 0 Å². The molecule has 2 aromatic heterocycles. The van der Waals surface area contributed by atoms with Gasteiger partial charge in [-0.1, -0.05) is 91.0 Å². The summed E-state index contributed by atoms with van der Waals surface area (Å²) >= 11 is 0. The Kier molecular flexibility index (Phi) is 4.89. The Bertz CT molecular complexity index is 2290. The van der Waals surface area contributed by atoms with Gasteiger partial charge in [-0.2, -0.15) is 5.26 Å². The number of hydrogen-bond donors (Lipinski definition) is 0. The van der Waals surface area contributed by atoms with Crippen LogP contribution < -0.4 is 0 Å². The molecule has 40 heavy (non-hydrogen) atoms. The molecule has 0 saturated heterocycles. The van der Waals surface area contributed by atoms with Crippen molar-refractivity contribution in [2.75, 3.05) is 0 Å². The molecule has 0 N–H and O–H groups in total. The van der Waals surface area contributed by atoms with Crippen molar-refractivity contribution in [2.24, 2.45) is 0 Å². The van der Waals surface area contributed by atoms with Crippen molar-refractivity contribution in [1.29, 1.82) is 5.26 Å². The maximum atomic E-state index is 10.1. The highest BCUT2D eigenvalue weighted by Gasteiger charge is 2.20. The lowest BCUT2D eigenvalue weighted by Crippen LogP contribution is -1.93. The predicted octanol–water partition coefficient (Wildman–Crippen LogP) is 10.4. The molecule has 6 aromatic carbocycles. The van der Waals surface area contributed by atoms with Crippen LogP contribution in [-0.4, -0.2) is 0 Å². The van der Waals surface area contributed by atoms with Crippen molar-refractivity contribution in [3.8, 4) is 39.4 Å². The second-order valence-electron chi connectivity index (χ2n) is 9.97. The van der Waals surface area contributed by atoms with Crippen LogP contribution in [0.1, 0.15) is 5.56 Å². The van der Waals surface area contributed by atoms with Crippen LogP contribution in [0.2, 0.25) is 0 Å². The molecule has 0 bridgehead atoms. The Balaban J connectivity index is 1.48. The van der Waals surface area contributed by atoms with Crippen LogP contribution in [0.3, 0.4) is 0 Å². The van der Waals surface area contributed by atoms with Crippen LogP contribution in [0, 0.1) is 11.3 Å². The third-order valence-electron chi connectivity index (χ3n) is 7.76. The molecule has 0 fully saturated rings. The van der Waals surface area contributed by atoms with Gasteiger partial charge in [0.05, 0.1) is 11.6 Å². The lowest BCUT2D eigenvalue weighted by molar-refractivity contribution is 0.668. The predicted molar refractivity (Wildman–Crippen MR) is 162 cm³/mol. The molecule has 2 heterocycles. The Morgan fingerprint density at radius 3 is 1.93 bits per heavy atom. The van der Waals surface area contributed by atoms with E-state index < -0.39 is 0 Å². The maximum absolute atomic E-state index is 10.1. The van der Waals surface area contributed by atoms with E-state index in [4.69, 9.17) is 8.83 Å². The minimum absolute atomic E-state index is 0.635. The number of benzene rings is 6. The monoisotopic (exact) mass is 511 g/mol. The molecular formula is C37H21NO2. The highest BCUT2D eigenvalue weighted by molar-refractivity contribution is 6.15. The van der Waals surface area contributed by atoms with E-state index in [1.54, 1.807) is 0 Å². The molecule has 0 radical (unpaired) electrons. The molecule has 3 heteroatoms. The van der Waals surface area contributed by atoms with E-state index in [1.165, 1.54) is 0 Å². The lowest BCUT2D eigenvalue weighted by Gasteiger charge is -2.18. The van der Waals surface area contributed by atoms with Gasteiger partial charge in [-0.15, -0.1) is 0 Å². The van der Waals surface area contributed by atoms with E-state index in [9.17, 15) is 5.26 Å². The summed E-state index contributed by atoms with van der Waals surface area (Å²) in [6.07, 6.45) is 0. The fraction of sp³-hybridized carbons (Fsp3) is 0. The Morgan fingerprint density at radius 1 is 0.450 bits per heavy atom. The number of nitriles is 1. The molecule has 0 saturated carbocycles. The van der Waals surface area contributed by atoms with Crippen LogP contribution in [0.25, 0.3) is 77.3 Å². The standard InChI is InChI=1S/C37H21NO2/c38-22-24-9-1-2-10-26(24)36-25(23-19-20-34-31(21-23)27-11-3-5-16-32(27)39-34)13-7-14-28(36)29-15-8-18-35-37(29)30-12-4-6-17-33(30)40-35/h1-21H. The third-order valence-corrected chi connectivity index (χ3v) is 7.76. The quantitative estimate of drug-likeness (QED) is 0.237. The molecule has 3 nitrogen and oxygen atoms in total. The Hall–Kier alpha value is -5.59. The molecule has 0 amide bonds. The van der Waals surface area contributed by atoms with Gasteiger partial charge < -0.3 is 8.83 Å². The summed E-state index contributed by atoms with van der Waals surface area (Å²) in [5, 5.41) is 14.4. The Morgan fingerprint density at radius 2 is 1.05 bits per heavy atom. The fourth-order valence-electron chi connectivity index (χ4n) is 6.00. The van der Waals surface area contributed by atoms with Gasteiger partial charge in [0.15, 0.2) is 0 Å². The Labute approximate surface area is 230 Å². The molecule has 0 unspecified atom stereocenters. The SMILES string of the molecule is N#Cc1ccccc1-c1c(-c2ccc3oc4ccccc4c3c2)cccc1-c1cccc2oc3ccccc3c12. The zero-order valence-corrected chi connectivity index (χ0v) is 21.4. The minimum Gasteiger partial charge on any atom is -0.456 e. The topological polar surface area (TPSA) is 50.1 Å². The van der Waals surface area contributed by atoms with Gasteiger partial charge in [0.2, 0.25) is 0 Å². The first kappa shape index (κ1) is 22.4. The summed E-state index contributed by atoms with van der Waals surface area (Å²) in [5.74, 6) is 0. The van der Waals surface area contributed by atoms with Gasteiger partial charge in [0, 0.05) is 27.1 Å². The summed E-state index contributed by atoms with van der Waals surface area (Å²) in [6, 6.07) is 45.5. The largest absolute Gasteiger partial charge is 0.456 e. The number of nitrogens with zero attached hydrogens (tertiary/aromatic N) is 1. The first-order valence-corrected chi connectivity index (χ1v) is 13.2. The molecule has 0 spiro atoms. The van der Waals surface area contributed by atoms with Crippen LogP contribution >= 0.6 is 0 Å². The summed E-state index contributed by atoms with van der Waals surface area (Å²) in [5.41, 5.74) is 10.2. The molecular weight excluding hydrogens is 490 g/mol. The van der Waals surface area contributed by atoms with Gasteiger partial charge in [-0.3, -0.25) is 0 Å². The maximum Gasteiger partial charge on any atom is 0.136 e. The first-order chi connectivity index (χ1) is 19.8.